The SMILES string of the molecule is CCNCc1c(C)nn(C)c1OCCC(C)C. The Morgan fingerprint density at radius 2 is 2.12 bits per heavy atom. The quantitative estimate of drug-likeness (QED) is 0.793. The topological polar surface area (TPSA) is 39.1 Å². The van der Waals surface area contributed by atoms with Gasteiger partial charge in [0.05, 0.1) is 17.9 Å². The lowest BCUT2D eigenvalue weighted by Crippen LogP contribution is -2.14. The van der Waals surface area contributed by atoms with Crippen LogP contribution in [0, 0.1) is 12.8 Å². The molecule has 1 N–H and O–H groups in total. The number of hydrogen-bond acceptors (Lipinski definition) is 3. The first kappa shape index (κ1) is 14.0. The predicted octanol–water partition coefficient (Wildman–Crippen LogP) is 2.26. The summed E-state index contributed by atoms with van der Waals surface area (Å²) in [6, 6.07) is 0. The van der Waals surface area contributed by atoms with Crippen LogP contribution in [0.1, 0.15) is 38.4 Å². The molecule has 0 fully saturated rings. The number of aromatic nitrogens is 2. The molecule has 1 aromatic heterocycles. The third kappa shape index (κ3) is 4.04. The van der Waals surface area contributed by atoms with E-state index in [-0.39, 0.29) is 0 Å². The molecular weight excluding hydrogens is 214 g/mol. The van der Waals surface area contributed by atoms with Gasteiger partial charge in [-0.2, -0.15) is 5.10 Å². The zero-order valence-electron chi connectivity index (χ0n) is 11.7. The lowest BCUT2D eigenvalue weighted by atomic mass is 10.1. The maximum absolute atomic E-state index is 5.86. The molecule has 17 heavy (non-hydrogen) atoms. The molecule has 1 rings (SSSR count). The van der Waals surface area contributed by atoms with Gasteiger partial charge in [-0.15, -0.1) is 0 Å². The Hall–Kier alpha value is -1.03. The Labute approximate surface area is 104 Å². The Morgan fingerprint density at radius 3 is 2.71 bits per heavy atom. The summed E-state index contributed by atoms with van der Waals surface area (Å²) in [4.78, 5) is 0. The highest BCUT2D eigenvalue weighted by Crippen LogP contribution is 2.21. The van der Waals surface area contributed by atoms with Crippen molar-refractivity contribution in [3.63, 3.8) is 0 Å². The van der Waals surface area contributed by atoms with Gasteiger partial charge in [0.1, 0.15) is 0 Å². The lowest BCUT2D eigenvalue weighted by Gasteiger charge is -2.10. The third-order valence-electron chi connectivity index (χ3n) is 2.77. The van der Waals surface area contributed by atoms with E-state index in [2.05, 4.69) is 31.2 Å². The fraction of sp³-hybridized carbons (Fsp3) is 0.769. The summed E-state index contributed by atoms with van der Waals surface area (Å²) in [7, 11) is 1.94. The summed E-state index contributed by atoms with van der Waals surface area (Å²) in [5, 5.41) is 7.74. The average Bonchev–Trinajstić information content (AvgIpc) is 2.51. The molecule has 4 heteroatoms. The largest absolute Gasteiger partial charge is 0.478 e. The van der Waals surface area contributed by atoms with Crippen molar-refractivity contribution in [3.8, 4) is 5.88 Å². The minimum Gasteiger partial charge on any atom is -0.478 e. The fourth-order valence-electron chi connectivity index (χ4n) is 1.71. The summed E-state index contributed by atoms with van der Waals surface area (Å²) < 4.78 is 7.69. The minimum atomic E-state index is 0.668. The predicted molar refractivity (Wildman–Crippen MR) is 70.3 cm³/mol. The first-order chi connectivity index (χ1) is 8.06. The Morgan fingerprint density at radius 1 is 1.41 bits per heavy atom. The highest BCUT2D eigenvalue weighted by molar-refractivity contribution is 5.30. The number of aryl methyl sites for hydroxylation is 2. The highest BCUT2D eigenvalue weighted by atomic mass is 16.5. The number of nitrogens with zero attached hydrogens (tertiary/aromatic N) is 2. The van der Waals surface area contributed by atoms with E-state index in [4.69, 9.17) is 4.74 Å². The lowest BCUT2D eigenvalue weighted by molar-refractivity contribution is 0.264. The zero-order valence-corrected chi connectivity index (χ0v) is 11.7. The normalized spacial score (nSPS) is 11.2. The van der Waals surface area contributed by atoms with E-state index in [0.29, 0.717) is 5.92 Å². The van der Waals surface area contributed by atoms with Crippen LogP contribution in [-0.2, 0) is 13.6 Å². The van der Waals surface area contributed by atoms with Crippen molar-refractivity contribution in [1.82, 2.24) is 15.1 Å². The van der Waals surface area contributed by atoms with Crippen molar-refractivity contribution < 1.29 is 4.74 Å². The van der Waals surface area contributed by atoms with Gasteiger partial charge >= 0.3 is 0 Å². The average molecular weight is 239 g/mol. The fourth-order valence-corrected chi connectivity index (χ4v) is 1.71. The molecule has 0 aromatic carbocycles. The van der Waals surface area contributed by atoms with Crippen LogP contribution in [0.2, 0.25) is 0 Å². The number of nitrogens with one attached hydrogen (secondary N) is 1. The minimum absolute atomic E-state index is 0.668. The Bertz CT molecular complexity index is 345. The van der Waals surface area contributed by atoms with Gasteiger partial charge in [0, 0.05) is 13.6 Å². The molecule has 0 saturated carbocycles. The monoisotopic (exact) mass is 239 g/mol. The van der Waals surface area contributed by atoms with Crippen LogP contribution in [0.3, 0.4) is 0 Å². The second-order valence-corrected chi connectivity index (χ2v) is 4.80. The molecule has 0 spiro atoms. The molecule has 0 saturated heterocycles. The van der Waals surface area contributed by atoms with Crippen molar-refractivity contribution in [1.29, 1.82) is 0 Å². The van der Waals surface area contributed by atoms with Crippen LogP contribution in [-0.4, -0.2) is 22.9 Å². The van der Waals surface area contributed by atoms with E-state index in [0.717, 1.165) is 37.7 Å². The van der Waals surface area contributed by atoms with E-state index in [1.807, 2.05) is 18.7 Å². The Kier molecular flexibility index (Phi) is 5.48. The Balaban J connectivity index is 2.67. The summed E-state index contributed by atoms with van der Waals surface area (Å²) in [6.07, 6.45) is 1.07. The van der Waals surface area contributed by atoms with Gasteiger partial charge in [-0.3, -0.25) is 0 Å². The molecule has 4 nitrogen and oxygen atoms in total. The van der Waals surface area contributed by atoms with Gasteiger partial charge in [-0.05, 0) is 25.8 Å². The first-order valence-electron chi connectivity index (χ1n) is 6.42. The van der Waals surface area contributed by atoms with E-state index in [1.165, 1.54) is 5.56 Å². The summed E-state index contributed by atoms with van der Waals surface area (Å²) >= 11 is 0. The van der Waals surface area contributed by atoms with E-state index >= 15 is 0 Å². The van der Waals surface area contributed by atoms with Gasteiger partial charge in [0.2, 0.25) is 5.88 Å². The van der Waals surface area contributed by atoms with E-state index in [1.54, 1.807) is 0 Å². The molecule has 0 aliphatic rings. The molecule has 1 heterocycles. The zero-order chi connectivity index (χ0) is 12.8. The standard InChI is InChI=1S/C13H25N3O/c1-6-14-9-12-11(4)15-16(5)13(12)17-8-7-10(2)3/h10,14H,6-9H2,1-5H3. The van der Waals surface area contributed by atoms with Crippen molar-refractivity contribution in [2.45, 2.75) is 40.7 Å². The van der Waals surface area contributed by atoms with Gasteiger partial charge < -0.3 is 10.1 Å². The second kappa shape index (κ2) is 6.64. The molecule has 0 amide bonds. The molecule has 0 bridgehead atoms. The van der Waals surface area contributed by atoms with Crippen molar-refractivity contribution in [2.24, 2.45) is 13.0 Å². The molecule has 0 unspecified atom stereocenters. The van der Waals surface area contributed by atoms with Crippen LogP contribution in [0.25, 0.3) is 0 Å². The van der Waals surface area contributed by atoms with Crippen LogP contribution in [0.15, 0.2) is 0 Å². The number of ether oxygens (including phenoxy) is 1. The molecular formula is C13H25N3O. The maximum atomic E-state index is 5.86. The van der Waals surface area contributed by atoms with Crippen LogP contribution in [0.5, 0.6) is 5.88 Å². The van der Waals surface area contributed by atoms with Gasteiger partial charge in [0.25, 0.3) is 0 Å². The molecule has 0 aliphatic heterocycles. The summed E-state index contributed by atoms with van der Waals surface area (Å²) in [6.45, 7) is 11.1. The van der Waals surface area contributed by atoms with Crippen molar-refractivity contribution in [3.05, 3.63) is 11.3 Å². The van der Waals surface area contributed by atoms with Gasteiger partial charge in [-0.25, -0.2) is 4.68 Å². The number of hydrogen-bond donors (Lipinski definition) is 1. The smallest absolute Gasteiger partial charge is 0.216 e. The molecule has 0 aliphatic carbocycles. The van der Waals surface area contributed by atoms with Crippen LogP contribution < -0.4 is 10.1 Å². The first-order valence-corrected chi connectivity index (χ1v) is 6.42. The molecule has 0 radical (unpaired) electrons. The highest BCUT2D eigenvalue weighted by Gasteiger charge is 2.14. The van der Waals surface area contributed by atoms with E-state index in [9.17, 15) is 0 Å². The van der Waals surface area contributed by atoms with E-state index < -0.39 is 0 Å². The summed E-state index contributed by atoms with van der Waals surface area (Å²) in [5.41, 5.74) is 2.23. The molecule has 1 aromatic rings. The third-order valence-corrected chi connectivity index (χ3v) is 2.77. The van der Waals surface area contributed by atoms with Crippen molar-refractivity contribution >= 4 is 0 Å². The van der Waals surface area contributed by atoms with Gasteiger partial charge in [-0.1, -0.05) is 20.8 Å². The second-order valence-electron chi connectivity index (χ2n) is 4.80. The number of rotatable bonds is 7. The van der Waals surface area contributed by atoms with Crippen LogP contribution >= 0.6 is 0 Å². The maximum Gasteiger partial charge on any atom is 0.216 e. The van der Waals surface area contributed by atoms with Crippen LogP contribution in [0.4, 0.5) is 0 Å². The molecule has 0 atom stereocenters. The molecule has 98 valence electrons. The van der Waals surface area contributed by atoms with Gasteiger partial charge in [0.15, 0.2) is 0 Å². The summed E-state index contributed by atoms with van der Waals surface area (Å²) in [5.74, 6) is 1.57. The van der Waals surface area contributed by atoms with Crippen molar-refractivity contribution in [2.75, 3.05) is 13.2 Å².